The number of aliphatic carboxylic acids is 1. The zero-order chi connectivity index (χ0) is 35.2. The molecule has 1 amide bonds. The number of amides is 1. The van der Waals surface area contributed by atoms with Gasteiger partial charge in [-0.3, -0.25) is 14.4 Å². The second-order valence-electron chi connectivity index (χ2n) is 12.8. The molecule has 0 aliphatic rings. The number of hydrogen-bond donors (Lipinski definition) is 2. The van der Waals surface area contributed by atoms with E-state index in [1.807, 2.05) is 0 Å². The number of unbranched alkanes of at least 4 members (excludes halogenated alkanes) is 13. The minimum absolute atomic E-state index is 0.0174. The molecule has 2 N–H and O–H groups in total. The predicted molar refractivity (Wildman–Crippen MR) is 203 cm³/mol. The van der Waals surface area contributed by atoms with E-state index in [2.05, 4.69) is 79.9 Å². The van der Waals surface area contributed by atoms with Gasteiger partial charge in [0.05, 0.1) is 0 Å². The van der Waals surface area contributed by atoms with Gasteiger partial charge in [0.1, 0.15) is 12.6 Å². The Bertz CT molecular complexity index is 917. The van der Waals surface area contributed by atoms with Crippen LogP contribution in [0.4, 0.5) is 0 Å². The number of ether oxygens (including phenoxy) is 1. The highest BCUT2D eigenvalue weighted by Gasteiger charge is 2.14. The summed E-state index contributed by atoms with van der Waals surface area (Å²) < 4.78 is 5.98. The van der Waals surface area contributed by atoms with Gasteiger partial charge in [-0.1, -0.05) is 126 Å². The highest BCUT2D eigenvalue weighted by Crippen LogP contribution is 2.18. The van der Waals surface area contributed by atoms with Crippen molar-refractivity contribution in [3.8, 4) is 0 Å². The second kappa shape index (κ2) is 36.9. The minimum Gasteiger partial charge on any atom is -0.480 e. The van der Waals surface area contributed by atoms with Crippen LogP contribution in [0.3, 0.4) is 0 Å². The van der Waals surface area contributed by atoms with E-state index in [0.29, 0.717) is 12.8 Å². The molecule has 1 atom stereocenters. The number of esters is 1. The summed E-state index contributed by atoms with van der Waals surface area (Å²) in [5.41, 5.74) is 0. The monoisotopic (exact) mass is 670 g/mol. The summed E-state index contributed by atoms with van der Waals surface area (Å²) >= 11 is 0. The first-order valence-corrected chi connectivity index (χ1v) is 19.4. The van der Waals surface area contributed by atoms with Crippen LogP contribution in [0.1, 0.15) is 174 Å². The van der Waals surface area contributed by atoms with Crippen molar-refractivity contribution in [3.05, 3.63) is 60.8 Å². The number of nitrogens with one attached hydrogen (secondary N) is 1. The van der Waals surface area contributed by atoms with Crippen molar-refractivity contribution in [1.82, 2.24) is 5.32 Å². The van der Waals surface area contributed by atoms with Crippen LogP contribution in [-0.4, -0.2) is 35.6 Å². The smallest absolute Gasteiger partial charge is 0.322 e. The number of rotatable bonds is 34. The zero-order valence-corrected chi connectivity index (χ0v) is 30.8. The number of carboxylic acids is 1. The largest absolute Gasteiger partial charge is 0.480 e. The van der Waals surface area contributed by atoms with Gasteiger partial charge in [-0.2, -0.15) is 0 Å². The van der Waals surface area contributed by atoms with Crippen molar-refractivity contribution in [1.29, 1.82) is 0 Å². The Hall–Kier alpha value is -2.89. The lowest BCUT2D eigenvalue weighted by Crippen LogP contribution is -2.28. The van der Waals surface area contributed by atoms with Crippen LogP contribution in [-0.2, 0) is 19.1 Å². The molecule has 0 aliphatic carbocycles. The maximum atomic E-state index is 12.7. The SMILES string of the molecule is CC/C=C\C/C=C\C/C=C\C/C=C\CCCCC(CCCCCCCC(=O)NCC(=O)O)OC(=O)CCCCCCC/C=C\CCCC. The van der Waals surface area contributed by atoms with Crippen molar-refractivity contribution in [2.24, 2.45) is 0 Å². The first kappa shape index (κ1) is 45.1. The highest BCUT2D eigenvalue weighted by molar-refractivity contribution is 5.80. The Balaban J connectivity index is 4.33. The van der Waals surface area contributed by atoms with Crippen molar-refractivity contribution < 1.29 is 24.2 Å². The predicted octanol–water partition coefficient (Wildman–Crippen LogP) is 11.7. The van der Waals surface area contributed by atoms with E-state index < -0.39 is 5.97 Å². The van der Waals surface area contributed by atoms with Gasteiger partial charge in [-0.15, -0.1) is 0 Å². The molecule has 0 heterocycles. The molecular formula is C42H71NO5. The standard InChI is InChI=1S/C42H71NO5/c1-3-5-7-9-11-13-15-16-17-18-20-21-23-26-30-34-39(35-31-27-25-28-32-36-40(44)43-38-41(45)46)48-42(47)37-33-29-24-22-19-14-12-10-8-6-4-2/h5,7,10-13,16-17,20-21,39H,3-4,6,8-9,14-15,18-19,22-38H2,1-2H3,(H,43,44)(H,45,46)/b7-5-,12-10-,13-11-,17-16-,21-20-. The normalized spacial score (nSPS) is 12.7. The lowest BCUT2D eigenvalue weighted by atomic mass is 10.0. The van der Waals surface area contributed by atoms with Gasteiger partial charge in [0.15, 0.2) is 0 Å². The molecule has 0 aliphatic heterocycles. The zero-order valence-electron chi connectivity index (χ0n) is 30.8. The molecule has 1 unspecified atom stereocenters. The van der Waals surface area contributed by atoms with Gasteiger partial charge in [-0.25, -0.2) is 0 Å². The van der Waals surface area contributed by atoms with E-state index in [-0.39, 0.29) is 24.5 Å². The number of carboxylic acid groups (broad SMARTS) is 1. The molecule has 0 aromatic carbocycles. The molecule has 0 saturated heterocycles. The van der Waals surface area contributed by atoms with Crippen LogP contribution in [0.15, 0.2) is 60.8 Å². The summed E-state index contributed by atoms with van der Waals surface area (Å²) in [6, 6.07) is 0. The van der Waals surface area contributed by atoms with Crippen LogP contribution in [0.2, 0.25) is 0 Å². The number of hydrogen-bond acceptors (Lipinski definition) is 4. The van der Waals surface area contributed by atoms with Crippen LogP contribution < -0.4 is 5.32 Å². The average Bonchev–Trinajstić information content (AvgIpc) is 3.07. The Kier molecular flexibility index (Phi) is 34.7. The summed E-state index contributed by atoms with van der Waals surface area (Å²) in [6.45, 7) is 4.06. The Labute approximate surface area is 294 Å². The van der Waals surface area contributed by atoms with Gasteiger partial charge >= 0.3 is 11.9 Å². The first-order chi connectivity index (χ1) is 23.5. The maximum absolute atomic E-state index is 12.7. The van der Waals surface area contributed by atoms with Gasteiger partial charge in [0, 0.05) is 12.8 Å². The molecule has 48 heavy (non-hydrogen) atoms. The minimum atomic E-state index is -1.02. The molecule has 0 aromatic rings. The quantitative estimate of drug-likeness (QED) is 0.0404. The maximum Gasteiger partial charge on any atom is 0.322 e. The van der Waals surface area contributed by atoms with Crippen LogP contribution in [0, 0.1) is 0 Å². The van der Waals surface area contributed by atoms with E-state index in [1.54, 1.807) is 0 Å². The summed E-state index contributed by atoms with van der Waals surface area (Å²) in [7, 11) is 0. The van der Waals surface area contributed by atoms with Crippen LogP contribution in [0.25, 0.3) is 0 Å². The van der Waals surface area contributed by atoms with E-state index >= 15 is 0 Å². The fraction of sp³-hybridized carbons (Fsp3) is 0.690. The van der Waals surface area contributed by atoms with Gasteiger partial charge in [-0.05, 0) is 96.3 Å². The lowest BCUT2D eigenvalue weighted by Gasteiger charge is -2.18. The summed E-state index contributed by atoms with van der Waals surface area (Å²) in [6.07, 6.45) is 47.6. The van der Waals surface area contributed by atoms with Gasteiger partial charge in [0.25, 0.3) is 0 Å². The third-order valence-corrected chi connectivity index (χ3v) is 8.17. The molecule has 6 nitrogen and oxygen atoms in total. The third-order valence-electron chi connectivity index (χ3n) is 8.17. The molecule has 0 radical (unpaired) electrons. The summed E-state index contributed by atoms with van der Waals surface area (Å²) in [5.74, 6) is -1.28. The van der Waals surface area contributed by atoms with E-state index in [0.717, 1.165) is 109 Å². The highest BCUT2D eigenvalue weighted by atomic mass is 16.5. The van der Waals surface area contributed by atoms with Crippen molar-refractivity contribution >= 4 is 17.8 Å². The fourth-order valence-corrected chi connectivity index (χ4v) is 5.31. The summed E-state index contributed by atoms with van der Waals surface area (Å²) in [4.78, 5) is 34.9. The topological polar surface area (TPSA) is 92.7 Å². The van der Waals surface area contributed by atoms with E-state index in [9.17, 15) is 14.4 Å². The molecule has 0 rings (SSSR count). The lowest BCUT2D eigenvalue weighted by molar-refractivity contribution is -0.150. The molecule has 6 heteroatoms. The number of carbonyl (C=O) groups excluding carboxylic acids is 2. The van der Waals surface area contributed by atoms with Gasteiger partial charge in [0.2, 0.25) is 5.91 Å². The average molecular weight is 670 g/mol. The van der Waals surface area contributed by atoms with E-state index in [4.69, 9.17) is 9.84 Å². The number of allylic oxidation sites excluding steroid dienone is 10. The third kappa shape index (κ3) is 36.0. The molecule has 0 spiro atoms. The van der Waals surface area contributed by atoms with Crippen LogP contribution >= 0.6 is 0 Å². The molecule has 274 valence electrons. The number of carbonyl (C=O) groups is 3. The van der Waals surface area contributed by atoms with Crippen molar-refractivity contribution in [3.63, 3.8) is 0 Å². The first-order valence-electron chi connectivity index (χ1n) is 19.4. The molecule has 0 bridgehead atoms. The Morgan fingerprint density at radius 2 is 1.02 bits per heavy atom. The molecular weight excluding hydrogens is 598 g/mol. The molecule has 0 saturated carbocycles. The summed E-state index contributed by atoms with van der Waals surface area (Å²) in [5, 5.41) is 11.1. The van der Waals surface area contributed by atoms with Crippen LogP contribution in [0.5, 0.6) is 0 Å². The van der Waals surface area contributed by atoms with E-state index in [1.165, 1.54) is 38.5 Å². The van der Waals surface area contributed by atoms with Crippen molar-refractivity contribution in [2.45, 2.75) is 180 Å². The Morgan fingerprint density at radius 3 is 1.62 bits per heavy atom. The Morgan fingerprint density at radius 1 is 0.562 bits per heavy atom. The second-order valence-corrected chi connectivity index (χ2v) is 12.8. The van der Waals surface area contributed by atoms with Gasteiger partial charge < -0.3 is 15.2 Å². The molecule has 0 fully saturated rings. The van der Waals surface area contributed by atoms with Crippen molar-refractivity contribution in [2.75, 3.05) is 6.54 Å². The fourth-order valence-electron chi connectivity index (χ4n) is 5.31. The molecule has 0 aromatic heterocycles.